The van der Waals surface area contributed by atoms with E-state index in [1.807, 2.05) is 41.3 Å². The van der Waals surface area contributed by atoms with E-state index in [9.17, 15) is 4.79 Å². The number of carbonyl (C=O) groups excluding carboxylic acids is 1. The average Bonchev–Trinajstić information content (AvgIpc) is 2.30. The average molecular weight is 216 g/mol. The Hall–Kier alpha value is -1.77. The second-order valence-electron chi connectivity index (χ2n) is 3.85. The van der Waals surface area contributed by atoms with Gasteiger partial charge in [-0.1, -0.05) is 42.5 Å². The molecular formula is C13H16N2O. The van der Waals surface area contributed by atoms with Gasteiger partial charge in [0.15, 0.2) is 0 Å². The van der Waals surface area contributed by atoms with E-state index < -0.39 is 0 Å². The van der Waals surface area contributed by atoms with Crippen LogP contribution in [0, 0.1) is 0 Å². The largest absolute Gasteiger partial charge is 0.335 e. The Morgan fingerprint density at radius 1 is 1.19 bits per heavy atom. The molecule has 3 heteroatoms. The van der Waals surface area contributed by atoms with Crippen molar-refractivity contribution >= 4 is 6.03 Å². The maximum absolute atomic E-state index is 11.8. The van der Waals surface area contributed by atoms with Crippen LogP contribution in [0.5, 0.6) is 0 Å². The lowest BCUT2D eigenvalue weighted by molar-refractivity contribution is 0.196. The van der Waals surface area contributed by atoms with Crippen molar-refractivity contribution in [2.45, 2.75) is 13.0 Å². The molecule has 0 aromatic heterocycles. The first kappa shape index (κ1) is 10.7. The van der Waals surface area contributed by atoms with E-state index in [0.29, 0.717) is 13.1 Å². The number of hydrogen-bond acceptors (Lipinski definition) is 1. The predicted molar refractivity (Wildman–Crippen MR) is 64.0 cm³/mol. The third-order valence-electron chi connectivity index (χ3n) is 2.61. The zero-order chi connectivity index (χ0) is 11.2. The van der Waals surface area contributed by atoms with Crippen LogP contribution < -0.4 is 5.32 Å². The number of carbonyl (C=O) groups is 1. The molecule has 0 spiro atoms. The molecule has 0 atom stereocenters. The second kappa shape index (κ2) is 5.35. The Morgan fingerprint density at radius 3 is 2.81 bits per heavy atom. The summed E-state index contributed by atoms with van der Waals surface area (Å²) in [6.45, 7) is 2.09. The summed E-state index contributed by atoms with van der Waals surface area (Å²) in [7, 11) is 0. The summed E-state index contributed by atoms with van der Waals surface area (Å²) in [6.07, 6.45) is 5.04. The van der Waals surface area contributed by atoms with Crippen molar-refractivity contribution in [3.8, 4) is 0 Å². The van der Waals surface area contributed by atoms with E-state index in [1.165, 1.54) is 5.56 Å². The molecule has 0 bridgehead atoms. The van der Waals surface area contributed by atoms with Crippen LogP contribution in [0.15, 0.2) is 42.5 Å². The SMILES string of the molecule is O=C1NC/C=C\CCN1Cc1ccccc1. The molecule has 2 rings (SSSR count). The normalized spacial score (nSPS) is 18.5. The highest BCUT2D eigenvalue weighted by Crippen LogP contribution is 2.06. The highest BCUT2D eigenvalue weighted by atomic mass is 16.2. The summed E-state index contributed by atoms with van der Waals surface area (Å²) < 4.78 is 0. The number of nitrogens with zero attached hydrogens (tertiary/aromatic N) is 1. The molecule has 0 saturated carbocycles. The van der Waals surface area contributed by atoms with E-state index in [-0.39, 0.29) is 6.03 Å². The molecule has 1 N–H and O–H groups in total. The van der Waals surface area contributed by atoms with Crippen molar-refractivity contribution in [1.29, 1.82) is 0 Å². The fourth-order valence-corrected chi connectivity index (χ4v) is 1.75. The minimum atomic E-state index is 0.0215. The van der Waals surface area contributed by atoms with Gasteiger partial charge in [0.2, 0.25) is 0 Å². The maximum atomic E-state index is 11.8. The topological polar surface area (TPSA) is 32.3 Å². The molecule has 1 aromatic carbocycles. The van der Waals surface area contributed by atoms with E-state index in [4.69, 9.17) is 0 Å². The molecule has 0 radical (unpaired) electrons. The molecular weight excluding hydrogens is 200 g/mol. The molecule has 3 nitrogen and oxygen atoms in total. The van der Waals surface area contributed by atoms with Gasteiger partial charge in [-0.3, -0.25) is 0 Å². The zero-order valence-electron chi connectivity index (χ0n) is 9.23. The van der Waals surface area contributed by atoms with Crippen LogP contribution in [0.4, 0.5) is 4.79 Å². The molecule has 0 saturated heterocycles. The summed E-state index contributed by atoms with van der Waals surface area (Å²) in [5.74, 6) is 0. The molecule has 0 unspecified atom stereocenters. The van der Waals surface area contributed by atoms with E-state index in [0.717, 1.165) is 13.0 Å². The molecule has 1 aromatic rings. The standard InChI is InChI=1S/C13H16N2O/c16-13-14-9-5-2-6-10-15(13)11-12-7-3-1-4-8-12/h1-5,7-8H,6,9-11H2,(H,14,16)/b5-2-. The third kappa shape index (κ3) is 2.86. The van der Waals surface area contributed by atoms with Crippen molar-refractivity contribution in [1.82, 2.24) is 10.2 Å². The number of nitrogens with one attached hydrogen (secondary N) is 1. The predicted octanol–water partition coefficient (Wildman–Crippen LogP) is 2.16. The zero-order valence-corrected chi connectivity index (χ0v) is 9.23. The summed E-state index contributed by atoms with van der Waals surface area (Å²) in [5.41, 5.74) is 1.17. The molecule has 16 heavy (non-hydrogen) atoms. The van der Waals surface area contributed by atoms with Crippen LogP contribution in [0.2, 0.25) is 0 Å². The summed E-state index contributed by atoms with van der Waals surface area (Å²) in [4.78, 5) is 13.6. The van der Waals surface area contributed by atoms with E-state index >= 15 is 0 Å². The highest BCUT2D eigenvalue weighted by Gasteiger charge is 2.13. The van der Waals surface area contributed by atoms with Crippen LogP contribution >= 0.6 is 0 Å². The molecule has 1 heterocycles. The van der Waals surface area contributed by atoms with Crippen molar-refractivity contribution in [3.63, 3.8) is 0 Å². The number of hydrogen-bond donors (Lipinski definition) is 1. The first-order valence-corrected chi connectivity index (χ1v) is 5.58. The number of urea groups is 1. The van der Waals surface area contributed by atoms with Gasteiger partial charge in [0, 0.05) is 19.6 Å². The number of rotatable bonds is 2. The monoisotopic (exact) mass is 216 g/mol. The Kier molecular flexibility index (Phi) is 3.59. The molecule has 0 fully saturated rings. The molecule has 84 valence electrons. The Labute approximate surface area is 95.8 Å². The van der Waals surface area contributed by atoms with Crippen LogP contribution in [0.3, 0.4) is 0 Å². The smallest absolute Gasteiger partial charge is 0.317 e. The first-order valence-electron chi connectivity index (χ1n) is 5.58. The van der Waals surface area contributed by atoms with Gasteiger partial charge in [-0.2, -0.15) is 0 Å². The maximum Gasteiger partial charge on any atom is 0.317 e. The van der Waals surface area contributed by atoms with Gasteiger partial charge in [0.05, 0.1) is 0 Å². The fourth-order valence-electron chi connectivity index (χ4n) is 1.75. The van der Waals surface area contributed by atoms with E-state index in [2.05, 4.69) is 11.4 Å². The first-order chi connectivity index (χ1) is 7.86. The van der Waals surface area contributed by atoms with E-state index in [1.54, 1.807) is 0 Å². The van der Waals surface area contributed by atoms with Gasteiger partial charge in [0.1, 0.15) is 0 Å². The van der Waals surface area contributed by atoms with Gasteiger partial charge in [-0.25, -0.2) is 4.79 Å². The summed E-state index contributed by atoms with van der Waals surface area (Å²) in [5, 5.41) is 2.86. The van der Waals surface area contributed by atoms with Crippen LogP contribution in [-0.4, -0.2) is 24.0 Å². The Balaban J connectivity index is 2.02. The van der Waals surface area contributed by atoms with Crippen LogP contribution in [0.1, 0.15) is 12.0 Å². The van der Waals surface area contributed by atoms with Crippen molar-refractivity contribution < 1.29 is 4.79 Å². The third-order valence-corrected chi connectivity index (χ3v) is 2.61. The summed E-state index contributed by atoms with van der Waals surface area (Å²) >= 11 is 0. The lowest BCUT2D eigenvalue weighted by Gasteiger charge is -2.23. The molecule has 2 amide bonds. The molecule has 1 aliphatic heterocycles. The quantitative estimate of drug-likeness (QED) is 0.755. The highest BCUT2D eigenvalue weighted by molar-refractivity contribution is 5.74. The summed E-state index contributed by atoms with van der Waals surface area (Å²) in [6, 6.07) is 10.1. The lowest BCUT2D eigenvalue weighted by Crippen LogP contribution is -2.40. The Bertz CT molecular complexity index is 373. The van der Waals surface area contributed by atoms with Crippen molar-refractivity contribution in [3.05, 3.63) is 48.0 Å². The van der Waals surface area contributed by atoms with Gasteiger partial charge in [-0.05, 0) is 12.0 Å². The van der Waals surface area contributed by atoms with Crippen molar-refractivity contribution in [2.24, 2.45) is 0 Å². The van der Waals surface area contributed by atoms with Crippen LogP contribution in [-0.2, 0) is 6.54 Å². The molecule has 1 aliphatic rings. The minimum absolute atomic E-state index is 0.0215. The lowest BCUT2D eigenvalue weighted by atomic mass is 10.2. The van der Waals surface area contributed by atoms with Gasteiger partial charge in [-0.15, -0.1) is 0 Å². The van der Waals surface area contributed by atoms with Gasteiger partial charge in [0.25, 0.3) is 0 Å². The number of benzene rings is 1. The minimum Gasteiger partial charge on any atom is -0.335 e. The number of amides is 2. The van der Waals surface area contributed by atoms with Crippen molar-refractivity contribution in [2.75, 3.05) is 13.1 Å². The second-order valence-corrected chi connectivity index (χ2v) is 3.85. The fraction of sp³-hybridized carbons (Fsp3) is 0.308. The van der Waals surface area contributed by atoms with Gasteiger partial charge >= 0.3 is 6.03 Å². The Morgan fingerprint density at radius 2 is 2.00 bits per heavy atom. The van der Waals surface area contributed by atoms with Gasteiger partial charge < -0.3 is 10.2 Å². The molecule has 0 aliphatic carbocycles. The van der Waals surface area contributed by atoms with Crippen LogP contribution in [0.25, 0.3) is 0 Å².